The number of pyridine rings is 1. The van der Waals surface area contributed by atoms with Gasteiger partial charge in [0.15, 0.2) is 0 Å². The fourth-order valence-corrected chi connectivity index (χ4v) is 2.77. The molecule has 1 heterocycles. The highest BCUT2D eigenvalue weighted by Gasteiger charge is 2.28. The summed E-state index contributed by atoms with van der Waals surface area (Å²) < 4.78 is 27.1. The van der Waals surface area contributed by atoms with Crippen LogP contribution in [0.1, 0.15) is 27.2 Å². The molecule has 0 aliphatic rings. The Morgan fingerprint density at radius 2 is 2.10 bits per heavy atom. The van der Waals surface area contributed by atoms with Gasteiger partial charge in [0.25, 0.3) is 0 Å². The predicted octanol–water partition coefficient (Wildman–Crippen LogP) is 0.693. The first-order valence-corrected chi connectivity index (χ1v) is 8.17. The summed E-state index contributed by atoms with van der Waals surface area (Å²) in [6.45, 7) is 5.67. The van der Waals surface area contributed by atoms with Crippen molar-refractivity contribution in [2.45, 2.75) is 32.1 Å². The molecule has 7 nitrogen and oxygen atoms in total. The molecule has 0 aliphatic heterocycles. The summed E-state index contributed by atoms with van der Waals surface area (Å²) >= 11 is 0. The molecule has 0 aromatic carbocycles. The first kappa shape index (κ1) is 17.4. The fourth-order valence-electron chi connectivity index (χ4n) is 1.42. The van der Waals surface area contributed by atoms with Gasteiger partial charge < -0.3 is 11.1 Å². The van der Waals surface area contributed by atoms with Crippen LogP contribution in [0.4, 0.5) is 5.82 Å². The molecule has 0 aliphatic carbocycles. The van der Waals surface area contributed by atoms with Crippen molar-refractivity contribution in [2.75, 3.05) is 18.4 Å². The maximum atomic E-state index is 12.3. The molecule has 0 saturated carbocycles. The van der Waals surface area contributed by atoms with Crippen molar-refractivity contribution < 1.29 is 13.2 Å². The van der Waals surface area contributed by atoms with Crippen LogP contribution in [0.3, 0.4) is 0 Å². The average Bonchev–Trinajstić information content (AvgIpc) is 2.43. The lowest BCUT2D eigenvalue weighted by atomic mass is 9.93. The van der Waals surface area contributed by atoms with Crippen LogP contribution in [-0.2, 0) is 14.8 Å². The lowest BCUT2D eigenvalue weighted by molar-refractivity contribution is -0.125. The van der Waals surface area contributed by atoms with Crippen LogP contribution < -0.4 is 15.8 Å². The van der Waals surface area contributed by atoms with Gasteiger partial charge in [0.05, 0.1) is 5.41 Å². The third kappa shape index (κ3) is 4.68. The molecule has 0 unspecified atom stereocenters. The van der Waals surface area contributed by atoms with Gasteiger partial charge >= 0.3 is 0 Å². The van der Waals surface area contributed by atoms with E-state index in [1.54, 1.807) is 19.9 Å². The summed E-state index contributed by atoms with van der Waals surface area (Å²) in [5.74, 6) is -0.274. The summed E-state index contributed by atoms with van der Waals surface area (Å²) in [6.07, 6.45) is 2.36. The second-order valence-electron chi connectivity index (χ2n) is 5.35. The zero-order valence-corrected chi connectivity index (χ0v) is 13.3. The molecule has 0 spiro atoms. The maximum Gasteiger partial charge on any atom is 0.244 e. The Hall–Kier alpha value is -1.67. The highest BCUT2D eigenvalue weighted by atomic mass is 32.2. The molecule has 21 heavy (non-hydrogen) atoms. The first-order chi connectivity index (χ1) is 9.70. The number of primary amides is 1. The van der Waals surface area contributed by atoms with Gasteiger partial charge in [-0.25, -0.2) is 18.1 Å². The van der Waals surface area contributed by atoms with Crippen LogP contribution in [0.15, 0.2) is 23.2 Å². The van der Waals surface area contributed by atoms with Gasteiger partial charge in [0, 0.05) is 19.3 Å². The van der Waals surface area contributed by atoms with Gasteiger partial charge in [-0.1, -0.05) is 6.92 Å². The van der Waals surface area contributed by atoms with Crippen LogP contribution in [0.5, 0.6) is 0 Å². The Morgan fingerprint density at radius 3 is 2.67 bits per heavy atom. The molecular weight excluding hydrogens is 292 g/mol. The van der Waals surface area contributed by atoms with E-state index < -0.39 is 21.3 Å². The molecule has 0 radical (unpaired) electrons. The Bertz CT molecular complexity index is 599. The Morgan fingerprint density at radius 1 is 1.43 bits per heavy atom. The van der Waals surface area contributed by atoms with E-state index in [1.165, 1.54) is 12.3 Å². The second kappa shape index (κ2) is 6.86. The van der Waals surface area contributed by atoms with Gasteiger partial charge in [-0.15, -0.1) is 0 Å². The van der Waals surface area contributed by atoms with Crippen LogP contribution in [-0.4, -0.2) is 32.4 Å². The molecule has 1 rings (SSSR count). The minimum atomic E-state index is -3.77. The van der Waals surface area contributed by atoms with Gasteiger partial charge in [-0.2, -0.15) is 0 Å². The van der Waals surface area contributed by atoms with Crippen LogP contribution in [0, 0.1) is 5.41 Å². The third-order valence-electron chi connectivity index (χ3n) is 2.97. The number of nitrogens with zero attached hydrogens (tertiary/aromatic N) is 1. The summed E-state index contributed by atoms with van der Waals surface area (Å²) in [4.78, 5) is 15.3. The number of sulfonamides is 1. The number of aromatic nitrogens is 1. The van der Waals surface area contributed by atoms with Crippen molar-refractivity contribution in [1.29, 1.82) is 0 Å². The molecular formula is C13H22N4O3S. The summed E-state index contributed by atoms with van der Waals surface area (Å²) in [5.41, 5.74) is 4.27. The van der Waals surface area contributed by atoms with E-state index >= 15 is 0 Å². The number of hydrogen-bond donors (Lipinski definition) is 3. The highest BCUT2D eigenvalue weighted by Crippen LogP contribution is 2.19. The number of carbonyl (C=O) groups excluding carboxylic acids is 1. The first-order valence-electron chi connectivity index (χ1n) is 6.69. The Labute approximate surface area is 125 Å². The lowest BCUT2D eigenvalue weighted by Gasteiger charge is -2.21. The average molecular weight is 314 g/mol. The molecule has 4 N–H and O–H groups in total. The largest absolute Gasteiger partial charge is 0.369 e. The minimum absolute atomic E-state index is 0.0544. The smallest absolute Gasteiger partial charge is 0.244 e. The molecule has 1 aromatic heterocycles. The summed E-state index contributed by atoms with van der Waals surface area (Å²) in [7, 11) is -3.77. The maximum absolute atomic E-state index is 12.3. The summed E-state index contributed by atoms with van der Waals surface area (Å²) in [6, 6.07) is 3.01. The Kier molecular flexibility index (Phi) is 5.68. The van der Waals surface area contributed by atoms with Crippen molar-refractivity contribution in [1.82, 2.24) is 9.71 Å². The Balaban J connectivity index is 2.96. The third-order valence-corrected chi connectivity index (χ3v) is 4.41. The van der Waals surface area contributed by atoms with Crippen LogP contribution >= 0.6 is 0 Å². The van der Waals surface area contributed by atoms with Gasteiger partial charge in [0.2, 0.25) is 15.9 Å². The zero-order chi connectivity index (χ0) is 16.1. The van der Waals surface area contributed by atoms with Crippen LogP contribution in [0.2, 0.25) is 0 Å². The monoisotopic (exact) mass is 314 g/mol. The number of rotatable bonds is 8. The van der Waals surface area contributed by atoms with Crippen molar-refractivity contribution in [3.63, 3.8) is 0 Å². The number of amides is 1. The van der Waals surface area contributed by atoms with Crippen molar-refractivity contribution >= 4 is 21.7 Å². The molecule has 1 aromatic rings. The molecule has 8 heteroatoms. The van der Waals surface area contributed by atoms with Crippen LogP contribution in [0.25, 0.3) is 0 Å². The lowest BCUT2D eigenvalue weighted by Crippen LogP contribution is -2.42. The number of nitrogens with two attached hydrogens (primary N) is 1. The van der Waals surface area contributed by atoms with E-state index in [0.717, 1.165) is 6.42 Å². The van der Waals surface area contributed by atoms with E-state index in [0.29, 0.717) is 12.4 Å². The quantitative estimate of drug-likeness (QED) is 0.653. The number of anilines is 1. The van der Waals surface area contributed by atoms with E-state index in [1.807, 2.05) is 6.92 Å². The summed E-state index contributed by atoms with van der Waals surface area (Å²) in [5, 5.41) is 2.97. The van der Waals surface area contributed by atoms with Gasteiger partial charge in [-0.3, -0.25) is 4.79 Å². The predicted molar refractivity (Wildman–Crippen MR) is 81.2 cm³/mol. The number of nitrogens with one attached hydrogen (secondary N) is 2. The topological polar surface area (TPSA) is 114 Å². The minimum Gasteiger partial charge on any atom is -0.369 e. The zero-order valence-electron chi connectivity index (χ0n) is 12.5. The SMILES string of the molecule is CCCNc1ncccc1S(=O)(=O)NCC(C)(C)C(N)=O. The van der Waals surface area contributed by atoms with Gasteiger partial charge in [-0.05, 0) is 32.4 Å². The standard InChI is InChI=1S/C13H22N4O3S/c1-4-7-15-11-10(6-5-8-16-11)21(19,20)17-9-13(2,3)12(14)18/h5-6,8,17H,4,7,9H2,1-3H3,(H2,14,18)(H,15,16). The molecule has 1 amide bonds. The number of hydrogen-bond acceptors (Lipinski definition) is 5. The second-order valence-corrected chi connectivity index (χ2v) is 7.08. The van der Waals surface area contributed by atoms with Crippen molar-refractivity contribution in [3.05, 3.63) is 18.3 Å². The van der Waals surface area contributed by atoms with Crippen molar-refractivity contribution in [3.8, 4) is 0 Å². The van der Waals surface area contributed by atoms with E-state index in [-0.39, 0.29) is 11.4 Å². The normalized spacial score (nSPS) is 12.1. The number of carbonyl (C=O) groups is 1. The molecule has 0 bridgehead atoms. The molecule has 0 atom stereocenters. The van der Waals surface area contributed by atoms with Crippen molar-refractivity contribution in [2.24, 2.45) is 11.1 Å². The highest BCUT2D eigenvalue weighted by molar-refractivity contribution is 7.89. The molecule has 0 fully saturated rings. The van der Waals surface area contributed by atoms with Gasteiger partial charge in [0.1, 0.15) is 10.7 Å². The van der Waals surface area contributed by atoms with E-state index in [4.69, 9.17) is 5.73 Å². The van der Waals surface area contributed by atoms with E-state index in [2.05, 4.69) is 15.0 Å². The van der Waals surface area contributed by atoms with E-state index in [9.17, 15) is 13.2 Å². The fraction of sp³-hybridized carbons (Fsp3) is 0.538. The molecule has 118 valence electrons. The molecule has 0 saturated heterocycles.